The van der Waals surface area contributed by atoms with Gasteiger partial charge in [0, 0.05) is 22.0 Å². The first-order chi connectivity index (χ1) is 3.71. The summed E-state index contributed by atoms with van der Waals surface area (Å²) in [5, 5.41) is -4.46. The second-order valence-electron chi connectivity index (χ2n) is 0.959. The molecule has 12 heteroatoms. The molecule has 0 heterocycles. The molecule has 0 rings (SSSR count). The molecule has 0 aromatic carbocycles. The van der Waals surface area contributed by atoms with Crippen LogP contribution in [0.2, 0.25) is 0 Å². The van der Waals surface area contributed by atoms with Gasteiger partial charge in [-0.1, -0.05) is 0 Å². The second kappa shape index (κ2) is 9.47. The largest absolute Gasteiger partial charge is 1.00 e. The minimum absolute atomic E-state index is 0. The quantitative estimate of drug-likeness (QED) is 0.220. The van der Waals surface area contributed by atoms with Crippen molar-refractivity contribution in [3.8, 4) is 0 Å². The third-order valence-corrected chi connectivity index (χ3v) is 3.36. The van der Waals surface area contributed by atoms with Crippen molar-refractivity contribution in [3.05, 3.63) is 0 Å². The maximum atomic E-state index is 9.87. The average molecular weight is 608 g/mol. The van der Waals surface area contributed by atoms with Gasteiger partial charge in [0.15, 0.2) is 5.24 Å². The van der Waals surface area contributed by atoms with Gasteiger partial charge in [0.05, 0.1) is 7.82 Å². The summed E-state index contributed by atoms with van der Waals surface area (Å²) < 4.78 is 22.4. The zero-order valence-corrected chi connectivity index (χ0v) is 13.0. The van der Waals surface area contributed by atoms with Gasteiger partial charge < -0.3 is 19.2 Å². The third kappa shape index (κ3) is 23.2. The Hall–Kier alpha value is 3.25. The van der Waals surface area contributed by atoms with E-state index in [1.807, 2.05) is 0 Å². The number of phosphoric acid groups is 1. The Kier molecular flexibility index (Phi) is 19.3. The van der Waals surface area contributed by atoms with Crippen LogP contribution in [0.25, 0.3) is 0 Å². The van der Waals surface area contributed by atoms with Crippen LogP contribution >= 0.6 is 35.1 Å². The van der Waals surface area contributed by atoms with Crippen LogP contribution in [0.15, 0.2) is 0 Å². The molecule has 0 bridgehead atoms. The normalized spacial score (nSPS) is 14.3. The zero-order valence-electron chi connectivity index (χ0n) is 4.63. The minimum Gasteiger partial charge on any atom is -0.790 e. The molecule has 0 fully saturated rings. The van der Waals surface area contributed by atoms with E-state index in [4.69, 9.17) is 0 Å². The van der Waals surface area contributed by atoms with Gasteiger partial charge >= 0.3 is 67.1 Å². The molecule has 0 aromatic heterocycles. The van der Waals surface area contributed by atoms with E-state index in [0.717, 1.165) is 0 Å². The van der Waals surface area contributed by atoms with Crippen LogP contribution in [-0.2, 0) is 80.6 Å². The van der Waals surface area contributed by atoms with Crippen molar-refractivity contribution in [1.29, 1.82) is 0 Å². The third-order valence-electron chi connectivity index (χ3n) is 0.198. The van der Waals surface area contributed by atoms with Crippen LogP contribution in [0.4, 0.5) is 0 Å². The van der Waals surface area contributed by atoms with Gasteiger partial charge in [-0.15, -0.1) is 0 Å². The molecule has 0 aliphatic carbocycles. The average Bonchev–Trinajstić information content (AvgIpc) is 1.14. The van der Waals surface area contributed by atoms with Crippen LogP contribution in [0.1, 0.15) is 0 Å². The number of hydrogen-bond acceptors (Lipinski definition) is 6. The molecular formula is Ag3IO6P2. The molecule has 0 aliphatic heterocycles. The van der Waals surface area contributed by atoms with Gasteiger partial charge in [-0.3, -0.25) is 8.88 Å². The van der Waals surface area contributed by atoms with Crippen LogP contribution in [0.5, 0.6) is 0 Å². The van der Waals surface area contributed by atoms with E-state index in [-0.39, 0.29) is 67.1 Å². The first-order valence-corrected chi connectivity index (χ1v) is 7.24. The molecule has 1 atom stereocenters. The van der Waals surface area contributed by atoms with Crippen molar-refractivity contribution in [3.63, 3.8) is 0 Å². The number of hydrogen-bond donors (Lipinski definition) is 0. The number of rotatable bonds is 2. The number of halogens is 1. The molecule has 0 saturated carbocycles. The first-order valence-electron chi connectivity index (χ1n) is 1.45. The van der Waals surface area contributed by atoms with Crippen LogP contribution in [-0.4, -0.2) is 0 Å². The fourth-order valence-electron chi connectivity index (χ4n) is 0.119. The monoisotopic (exact) mass is 606 g/mol. The summed E-state index contributed by atoms with van der Waals surface area (Å²) in [6, 6.07) is 0. The van der Waals surface area contributed by atoms with E-state index in [0.29, 0.717) is 22.0 Å². The summed E-state index contributed by atoms with van der Waals surface area (Å²) in [5.41, 5.74) is 0. The van der Waals surface area contributed by atoms with Crippen molar-refractivity contribution < 1.29 is 95.3 Å². The minimum atomic E-state index is -5.37. The Morgan fingerprint density at radius 2 is 1.25 bits per heavy atom. The molecule has 1 unspecified atom stereocenters. The van der Waals surface area contributed by atoms with Gasteiger partial charge in [-0.25, -0.2) is 0 Å². The fourth-order valence-corrected chi connectivity index (χ4v) is 3.02. The van der Waals surface area contributed by atoms with Gasteiger partial charge in [0.2, 0.25) is 0 Å². The van der Waals surface area contributed by atoms with Gasteiger partial charge in [0.1, 0.15) is 0 Å². The standard InChI is InChI=1S/3Ag.H3IO6P2/c;;;1-8(2,3)7-9(4,5)6/h;;;(H,2,3)(H2,4,5,6)/q3*+1;/p-3. The van der Waals surface area contributed by atoms with E-state index in [1.54, 1.807) is 0 Å². The van der Waals surface area contributed by atoms with Gasteiger partial charge in [-0.05, 0) is 0 Å². The van der Waals surface area contributed by atoms with Gasteiger partial charge in [-0.2, -0.15) is 0 Å². The Labute approximate surface area is 128 Å². The molecule has 0 N–H and O–H groups in total. The molecular weight excluding hydrogens is 608 g/mol. The topological polar surface area (TPSA) is 113 Å². The van der Waals surface area contributed by atoms with Crippen molar-refractivity contribution >= 4 is 35.1 Å². The van der Waals surface area contributed by atoms with Crippen molar-refractivity contribution in [1.82, 2.24) is 0 Å². The molecule has 0 radical (unpaired) electrons. The van der Waals surface area contributed by atoms with E-state index in [2.05, 4.69) is 4.31 Å². The Balaban J connectivity index is -0.000000107. The summed E-state index contributed by atoms with van der Waals surface area (Å²) in [5.74, 6) is 0. The van der Waals surface area contributed by atoms with Gasteiger partial charge in [0.25, 0.3) is 0 Å². The second-order valence-corrected chi connectivity index (χ2v) is 6.91. The van der Waals surface area contributed by atoms with Crippen molar-refractivity contribution in [2.45, 2.75) is 0 Å². The van der Waals surface area contributed by atoms with E-state index in [9.17, 15) is 23.8 Å². The molecule has 0 aliphatic rings. The Morgan fingerprint density at radius 3 is 1.25 bits per heavy atom. The summed E-state index contributed by atoms with van der Waals surface area (Å²) >= 11 is 0.707. The first kappa shape index (κ1) is 24.5. The zero-order chi connectivity index (χ0) is 7.71. The van der Waals surface area contributed by atoms with Crippen LogP contribution in [0.3, 0.4) is 0 Å². The van der Waals surface area contributed by atoms with E-state index >= 15 is 0 Å². The van der Waals surface area contributed by atoms with E-state index < -0.39 is 13.1 Å². The van der Waals surface area contributed by atoms with Crippen LogP contribution in [0, 0.1) is 0 Å². The molecule has 0 aromatic rings. The predicted molar refractivity (Wildman–Crippen MR) is 30.3 cm³/mol. The SMILES string of the molecule is O=P([O-])([O-])OP(=O)([O-])I.[Ag+].[Ag+].[Ag+]. The fraction of sp³-hybridized carbons (Fsp3) is 0. The summed E-state index contributed by atoms with van der Waals surface area (Å²) in [6.45, 7) is 0. The maximum Gasteiger partial charge on any atom is 1.00 e. The molecule has 6 nitrogen and oxygen atoms in total. The summed E-state index contributed by atoms with van der Waals surface area (Å²) in [6.07, 6.45) is 0. The maximum absolute atomic E-state index is 9.87. The molecule has 86 valence electrons. The van der Waals surface area contributed by atoms with E-state index in [1.165, 1.54) is 0 Å². The molecule has 0 saturated heterocycles. The Morgan fingerprint density at radius 1 is 1.00 bits per heavy atom. The Bertz CT molecular complexity index is 161. The molecule has 0 spiro atoms. The van der Waals surface area contributed by atoms with Crippen molar-refractivity contribution in [2.75, 3.05) is 0 Å². The molecule has 0 amide bonds. The van der Waals surface area contributed by atoms with Crippen LogP contribution < -0.4 is 14.7 Å². The summed E-state index contributed by atoms with van der Waals surface area (Å²) in [4.78, 5) is 28.9. The molecule has 12 heavy (non-hydrogen) atoms. The predicted octanol–water partition coefficient (Wildman–Crippen LogP) is -1.27. The van der Waals surface area contributed by atoms with Crippen molar-refractivity contribution in [2.24, 2.45) is 0 Å². The summed E-state index contributed by atoms with van der Waals surface area (Å²) in [7, 11) is -5.37. The smallest absolute Gasteiger partial charge is 0.790 e.